The van der Waals surface area contributed by atoms with E-state index in [0.29, 0.717) is 10.7 Å². The maximum Gasteiger partial charge on any atom is 0.143 e. The Bertz CT molecular complexity index is 555. The molecular formula is C11H9Cl2FN2. The van der Waals surface area contributed by atoms with Gasteiger partial charge in [-0.1, -0.05) is 23.2 Å². The van der Waals surface area contributed by atoms with E-state index in [1.807, 2.05) is 0 Å². The van der Waals surface area contributed by atoms with Gasteiger partial charge >= 0.3 is 0 Å². The van der Waals surface area contributed by atoms with Crippen LogP contribution >= 0.6 is 23.2 Å². The second-order valence-electron chi connectivity index (χ2n) is 3.62. The molecule has 1 aromatic carbocycles. The molecule has 1 unspecified atom stereocenters. The lowest BCUT2D eigenvalue weighted by Gasteiger charge is -2.09. The minimum atomic E-state index is -0.508. The summed E-state index contributed by atoms with van der Waals surface area (Å²) in [4.78, 5) is 4.09. The molecule has 1 aromatic heterocycles. The van der Waals surface area contributed by atoms with Crippen molar-refractivity contribution in [3.05, 3.63) is 39.8 Å². The molecule has 0 saturated heterocycles. The highest BCUT2D eigenvalue weighted by Gasteiger charge is 2.10. The van der Waals surface area contributed by atoms with Crippen LogP contribution in [0.2, 0.25) is 10.2 Å². The molecule has 2 aromatic rings. The molecule has 2 nitrogen and oxygen atoms in total. The highest BCUT2D eigenvalue weighted by Crippen LogP contribution is 2.27. The molecule has 1 atom stereocenters. The van der Waals surface area contributed by atoms with Gasteiger partial charge in [-0.15, -0.1) is 0 Å². The summed E-state index contributed by atoms with van der Waals surface area (Å²) in [5.41, 5.74) is 6.93. The first-order valence-electron chi connectivity index (χ1n) is 4.70. The number of nitrogens with two attached hydrogens (primary N) is 1. The summed E-state index contributed by atoms with van der Waals surface area (Å²) in [6.45, 7) is 1.81. The van der Waals surface area contributed by atoms with Gasteiger partial charge in [0, 0.05) is 23.1 Å². The number of hydrogen-bond acceptors (Lipinski definition) is 2. The monoisotopic (exact) mass is 258 g/mol. The van der Waals surface area contributed by atoms with Gasteiger partial charge in [-0.25, -0.2) is 9.37 Å². The maximum absolute atomic E-state index is 13.2. The first-order chi connectivity index (χ1) is 7.49. The number of aromatic nitrogens is 1. The number of pyridine rings is 1. The van der Waals surface area contributed by atoms with E-state index in [9.17, 15) is 4.39 Å². The summed E-state index contributed by atoms with van der Waals surface area (Å²) in [7, 11) is 0. The van der Waals surface area contributed by atoms with Crippen LogP contribution in [0.3, 0.4) is 0 Å². The minimum Gasteiger partial charge on any atom is -0.324 e. The van der Waals surface area contributed by atoms with Gasteiger partial charge in [-0.05, 0) is 19.1 Å². The molecule has 0 radical (unpaired) electrons. The van der Waals surface area contributed by atoms with Crippen LogP contribution in [0.15, 0.2) is 18.2 Å². The average Bonchev–Trinajstić information content (AvgIpc) is 2.19. The molecular weight excluding hydrogens is 250 g/mol. The van der Waals surface area contributed by atoms with Crippen molar-refractivity contribution >= 4 is 34.1 Å². The Morgan fingerprint density at radius 1 is 1.31 bits per heavy atom. The smallest absolute Gasteiger partial charge is 0.143 e. The summed E-state index contributed by atoms with van der Waals surface area (Å²) in [5.74, 6) is -0.508. The van der Waals surface area contributed by atoms with Crippen LogP contribution in [0, 0.1) is 5.82 Å². The first-order valence-corrected chi connectivity index (χ1v) is 5.45. The highest BCUT2D eigenvalue weighted by atomic mass is 35.5. The van der Waals surface area contributed by atoms with Crippen molar-refractivity contribution in [2.24, 2.45) is 5.73 Å². The number of benzene rings is 1. The van der Waals surface area contributed by atoms with Crippen molar-refractivity contribution in [1.29, 1.82) is 0 Å². The maximum atomic E-state index is 13.2. The van der Waals surface area contributed by atoms with Gasteiger partial charge in [0.05, 0.1) is 10.5 Å². The quantitative estimate of drug-likeness (QED) is 0.793. The molecule has 0 aliphatic carbocycles. The largest absolute Gasteiger partial charge is 0.324 e. The zero-order valence-corrected chi connectivity index (χ0v) is 9.98. The van der Waals surface area contributed by atoms with Crippen molar-refractivity contribution < 1.29 is 4.39 Å². The molecule has 2 rings (SSSR count). The summed E-state index contributed by atoms with van der Waals surface area (Å²) in [6.07, 6.45) is 0. The number of nitrogens with zero attached hydrogens (tertiary/aromatic N) is 1. The molecule has 84 valence electrons. The van der Waals surface area contributed by atoms with Crippen molar-refractivity contribution in [3.63, 3.8) is 0 Å². The fourth-order valence-corrected chi connectivity index (χ4v) is 1.97. The van der Waals surface area contributed by atoms with Gasteiger partial charge in [0.15, 0.2) is 0 Å². The van der Waals surface area contributed by atoms with Crippen molar-refractivity contribution in [2.75, 3.05) is 0 Å². The highest BCUT2D eigenvalue weighted by molar-refractivity contribution is 6.32. The number of hydrogen-bond donors (Lipinski definition) is 1. The van der Waals surface area contributed by atoms with Gasteiger partial charge in [-0.2, -0.15) is 0 Å². The Labute approximate surface area is 102 Å². The van der Waals surface area contributed by atoms with E-state index in [1.54, 1.807) is 13.0 Å². The molecule has 0 aliphatic rings. The third-order valence-electron chi connectivity index (χ3n) is 2.33. The van der Waals surface area contributed by atoms with E-state index in [2.05, 4.69) is 4.98 Å². The summed E-state index contributed by atoms with van der Waals surface area (Å²) >= 11 is 11.6. The van der Waals surface area contributed by atoms with Crippen LogP contribution in [-0.2, 0) is 0 Å². The van der Waals surface area contributed by atoms with Gasteiger partial charge in [0.25, 0.3) is 0 Å². The predicted octanol–water partition coefficient (Wildman–Crippen LogP) is 3.70. The van der Waals surface area contributed by atoms with Gasteiger partial charge in [0.1, 0.15) is 11.0 Å². The third kappa shape index (κ3) is 1.98. The van der Waals surface area contributed by atoms with E-state index in [4.69, 9.17) is 28.9 Å². The van der Waals surface area contributed by atoms with E-state index >= 15 is 0 Å². The Morgan fingerprint density at radius 3 is 2.62 bits per heavy atom. The summed E-state index contributed by atoms with van der Waals surface area (Å²) in [5, 5.41) is 1.08. The molecule has 5 heteroatoms. The summed E-state index contributed by atoms with van der Waals surface area (Å²) in [6, 6.07) is 4.32. The molecule has 0 spiro atoms. The van der Waals surface area contributed by atoms with E-state index < -0.39 is 5.82 Å². The molecule has 16 heavy (non-hydrogen) atoms. The van der Waals surface area contributed by atoms with E-state index in [0.717, 1.165) is 10.9 Å². The molecule has 0 amide bonds. The van der Waals surface area contributed by atoms with Crippen LogP contribution in [0.5, 0.6) is 0 Å². The molecule has 1 heterocycles. The molecule has 0 bridgehead atoms. The fraction of sp³-hybridized carbons (Fsp3) is 0.182. The molecule has 0 aliphatic heterocycles. The van der Waals surface area contributed by atoms with Gasteiger partial charge in [0.2, 0.25) is 0 Å². The normalized spacial score (nSPS) is 13.1. The molecule has 0 fully saturated rings. The van der Waals surface area contributed by atoms with Crippen LogP contribution in [-0.4, -0.2) is 4.98 Å². The zero-order valence-electron chi connectivity index (χ0n) is 8.47. The van der Waals surface area contributed by atoms with E-state index in [1.165, 1.54) is 12.1 Å². The molecule has 0 saturated carbocycles. The SMILES string of the molecule is CC(N)c1cc2cc(Cl)c(F)cc2nc1Cl. The van der Waals surface area contributed by atoms with Gasteiger partial charge in [-0.3, -0.25) is 0 Å². The average molecular weight is 259 g/mol. The number of halogens is 3. The second-order valence-corrected chi connectivity index (χ2v) is 4.38. The standard InChI is InChI=1S/C11H9Cl2FN2/c1-5(15)7-2-6-3-8(12)9(14)4-10(6)16-11(7)13/h2-5H,15H2,1H3. The molecule has 2 N–H and O–H groups in total. The number of fused-ring (bicyclic) bond motifs is 1. The Balaban J connectivity index is 2.74. The van der Waals surface area contributed by atoms with Crippen LogP contribution in [0.25, 0.3) is 10.9 Å². The Morgan fingerprint density at radius 2 is 2.00 bits per heavy atom. The fourth-order valence-electron chi connectivity index (χ4n) is 1.48. The van der Waals surface area contributed by atoms with Gasteiger partial charge < -0.3 is 5.73 Å². The van der Waals surface area contributed by atoms with Crippen molar-refractivity contribution in [3.8, 4) is 0 Å². The minimum absolute atomic E-state index is 0.0623. The first kappa shape index (κ1) is 11.6. The van der Waals surface area contributed by atoms with E-state index in [-0.39, 0.29) is 11.1 Å². The third-order valence-corrected chi connectivity index (χ3v) is 2.92. The Hall–Kier alpha value is -0.900. The van der Waals surface area contributed by atoms with Crippen molar-refractivity contribution in [2.45, 2.75) is 13.0 Å². The topological polar surface area (TPSA) is 38.9 Å². The predicted molar refractivity (Wildman–Crippen MR) is 64.3 cm³/mol. The summed E-state index contributed by atoms with van der Waals surface area (Å²) < 4.78 is 13.2. The lowest BCUT2D eigenvalue weighted by Crippen LogP contribution is -2.06. The second kappa shape index (κ2) is 4.17. The zero-order chi connectivity index (χ0) is 11.9. The van der Waals surface area contributed by atoms with Crippen molar-refractivity contribution in [1.82, 2.24) is 4.98 Å². The van der Waals surface area contributed by atoms with Crippen LogP contribution in [0.1, 0.15) is 18.5 Å². The van der Waals surface area contributed by atoms with Crippen LogP contribution in [0.4, 0.5) is 4.39 Å². The van der Waals surface area contributed by atoms with Crippen LogP contribution < -0.4 is 5.73 Å². The number of rotatable bonds is 1. The lowest BCUT2D eigenvalue weighted by molar-refractivity contribution is 0.630. The Kier molecular flexibility index (Phi) is 3.02. The lowest BCUT2D eigenvalue weighted by atomic mass is 10.1.